The molecule has 0 bridgehead atoms. The second-order valence-electron chi connectivity index (χ2n) is 6.65. The van der Waals surface area contributed by atoms with E-state index in [1.165, 1.54) is 5.56 Å². The average molecular weight is 353 g/mol. The van der Waals surface area contributed by atoms with Crippen LogP contribution in [0.25, 0.3) is 0 Å². The zero-order valence-electron chi connectivity index (χ0n) is 15.5. The molecule has 2 aromatic rings. The number of rotatable bonds is 5. The van der Waals surface area contributed by atoms with Gasteiger partial charge in [-0.15, -0.1) is 0 Å². The fourth-order valence-electron chi connectivity index (χ4n) is 3.42. The van der Waals surface area contributed by atoms with Crippen molar-refractivity contribution in [1.29, 1.82) is 0 Å². The molecule has 0 aliphatic carbocycles. The Labute approximate surface area is 155 Å². The summed E-state index contributed by atoms with van der Waals surface area (Å²) in [6, 6.07) is 18.6. The van der Waals surface area contributed by atoms with Gasteiger partial charge >= 0.3 is 6.03 Å². The molecule has 1 aliphatic heterocycles. The molecule has 1 atom stereocenters. The maximum atomic E-state index is 12.6. The lowest BCUT2D eigenvalue weighted by atomic mass is 10.0. The third kappa shape index (κ3) is 4.35. The summed E-state index contributed by atoms with van der Waals surface area (Å²) in [5.41, 5.74) is 2.36. The van der Waals surface area contributed by atoms with Crippen molar-refractivity contribution < 1.29 is 9.53 Å². The summed E-state index contributed by atoms with van der Waals surface area (Å²) in [6.07, 6.45) is 0.756. The van der Waals surface area contributed by atoms with Gasteiger partial charge in [0.1, 0.15) is 5.75 Å². The highest BCUT2D eigenvalue weighted by Gasteiger charge is 2.28. The van der Waals surface area contributed by atoms with E-state index in [2.05, 4.69) is 41.5 Å². The van der Waals surface area contributed by atoms with Gasteiger partial charge in [0.25, 0.3) is 0 Å². The molecule has 2 aromatic carbocycles. The highest BCUT2D eigenvalue weighted by Crippen LogP contribution is 2.23. The number of likely N-dealkylation sites (N-methyl/N-ethyl adjacent to an activating group) is 1. The first-order valence-electron chi connectivity index (χ1n) is 9.09. The molecule has 138 valence electrons. The van der Waals surface area contributed by atoms with Crippen LogP contribution in [0, 0.1) is 0 Å². The average Bonchev–Trinajstić information content (AvgIpc) is 2.69. The maximum Gasteiger partial charge on any atom is 0.317 e. The maximum absolute atomic E-state index is 12.6. The summed E-state index contributed by atoms with van der Waals surface area (Å²) in [5.74, 6) is 0.866. The van der Waals surface area contributed by atoms with Crippen molar-refractivity contribution >= 4 is 6.03 Å². The molecule has 0 spiro atoms. The molecule has 0 aromatic heterocycles. The van der Waals surface area contributed by atoms with Gasteiger partial charge in [-0.25, -0.2) is 4.79 Å². The number of carbonyl (C=O) groups excluding carboxylic acids is 1. The summed E-state index contributed by atoms with van der Waals surface area (Å²) in [6.45, 7) is 2.93. The van der Waals surface area contributed by atoms with Crippen LogP contribution in [0.5, 0.6) is 5.75 Å². The molecule has 5 heteroatoms. The highest BCUT2D eigenvalue weighted by atomic mass is 16.5. The van der Waals surface area contributed by atoms with Crippen LogP contribution in [0.1, 0.15) is 17.2 Å². The normalized spacial score (nSPS) is 17.8. The lowest BCUT2D eigenvalue weighted by Gasteiger charge is -2.39. The summed E-state index contributed by atoms with van der Waals surface area (Å²) >= 11 is 0. The van der Waals surface area contributed by atoms with E-state index >= 15 is 0 Å². The summed E-state index contributed by atoms with van der Waals surface area (Å²) in [5, 5.41) is 3.05. The minimum Gasteiger partial charge on any atom is -0.496 e. The van der Waals surface area contributed by atoms with Gasteiger partial charge in [0.05, 0.1) is 13.2 Å². The van der Waals surface area contributed by atoms with Gasteiger partial charge < -0.3 is 15.0 Å². The quantitative estimate of drug-likeness (QED) is 0.899. The van der Waals surface area contributed by atoms with Crippen molar-refractivity contribution in [3.63, 3.8) is 0 Å². The van der Waals surface area contributed by atoms with Gasteiger partial charge in [-0.1, -0.05) is 48.5 Å². The van der Waals surface area contributed by atoms with Gasteiger partial charge in [0.2, 0.25) is 0 Å². The monoisotopic (exact) mass is 353 g/mol. The Bertz CT molecular complexity index is 720. The second-order valence-corrected chi connectivity index (χ2v) is 6.65. The molecule has 2 amide bonds. The van der Waals surface area contributed by atoms with Crippen LogP contribution in [0.2, 0.25) is 0 Å². The molecular weight excluding hydrogens is 326 g/mol. The van der Waals surface area contributed by atoms with Crippen LogP contribution >= 0.6 is 0 Å². The first kappa shape index (κ1) is 18.3. The van der Waals surface area contributed by atoms with Crippen molar-refractivity contribution in [1.82, 2.24) is 15.1 Å². The van der Waals surface area contributed by atoms with E-state index in [0.29, 0.717) is 13.1 Å². The summed E-state index contributed by atoms with van der Waals surface area (Å²) < 4.78 is 5.37. The second kappa shape index (κ2) is 8.72. The van der Waals surface area contributed by atoms with E-state index in [-0.39, 0.29) is 12.1 Å². The van der Waals surface area contributed by atoms with Crippen LogP contribution in [0.15, 0.2) is 54.6 Å². The molecule has 1 saturated heterocycles. The molecule has 1 heterocycles. The van der Waals surface area contributed by atoms with E-state index in [9.17, 15) is 4.79 Å². The molecule has 5 nitrogen and oxygen atoms in total. The number of amides is 2. The topological polar surface area (TPSA) is 44.8 Å². The number of hydrogen-bond acceptors (Lipinski definition) is 3. The fourth-order valence-corrected chi connectivity index (χ4v) is 3.42. The Hall–Kier alpha value is -2.53. The van der Waals surface area contributed by atoms with E-state index in [4.69, 9.17) is 4.74 Å². The zero-order chi connectivity index (χ0) is 18.4. The molecule has 26 heavy (non-hydrogen) atoms. The first-order valence-corrected chi connectivity index (χ1v) is 9.09. The molecule has 0 saturated carbocycles. The predicted molar refractivity (Wildman–Crippen MR) is 103 cm³/mol. The zero-order valence-corrected chi connectivity index (χ0v) is 15.5. The van der Waals surface area contributed by atoms with Crippen molar-refractivity contribution in [2.45, 2.75) is 12.5 Å². The van der Waals surface area contributed by atoms with E-state index in [1.54, 1.807) is 7.11 Å². The number of ether oxygens (including phenoxy) is 1. The summed E-state index contributed by atoms with van der Waals surface area (Å²) in [4.78, 5) is 16.8. The number of benzene rings is 2. The number of carbonyl (C=O) groups is 1. The Balaban J connectivity index is 1.54. The molecule has 1 aliphatic rings. The van der Waals surface area contributed by atoms with Gasteiger partial charge in [-0.05, 0) is 30.7 Å². The number of hydrogen-bond donors (Lipinski definition) is 1. The number of piperazine rings is 1. The lowest BCUT2D eigenvalue weighted by Crippen LogP contribution is -2.52. The van der Waals surface area contributed by atoms with Crippen molar-refractivity contribution in [2.75, 3.05) is 40.3 Å². The molecule has 0 radical (unpaired) electrons. The van der Waals surface area contributed by atoms with Crippen molar-refractivity contribution in [2.24, 2.45) is 0 Å². The van der Waals surface area contributed by atoms with Gasteiger partial charge in [0.15, 0.2) is 0 Å². The Morgan fingerprint density at radius 3 is 2.62 bits per heavy atom. The lowest BCUT2D eigenvalue weighted by molar-refractivity contribution is 0.110. The summed E-state index contributed by atoms with van der Waals surface area (Å²) in [7, 11) is 3.79. The number of nitrogens with zero attached hydrogens (tertiary/aromatic N) is 2. The third-order valence-electron chi connectivity index (χ3n) is 4.98. The number of methoxy groups -OCH3 is 1. The third-order valence-corrected chi connectivity index (χ3v) is 4.98. The Morgan fingerprint density at radius 1 is 1.12 bits per heavy atom. The molecular formula is C21H27N3O2. The van der Waals surface area contributed by atoms with Crippen LogP contribution in [0.3, 0.4) is 0 Å². The van der Waals surface area contributed by atoms with Gasteiger partial charge in [0, 0.05) is 26.2 Å². The highest BCUT2D eigenvalue weighted by molar-refractivity contribution is 5.74. The van der Waals surface area contributed by atoms with Crippen LogP contribution in [-0.4, -0.2) is 56.2 Å². The predicted octanol–water partition coefficient (Wildman–Crippen LogP) is 2.94. The molecule has 1 fully saturated rings. The molecule has 3 rings (SSSR count). The molecule has 1 unspecified atom stereocenters. The molecule has 1 N–H and O–H groups in total. The minimum absolute atomic E-state index is 0.00827. The standard InChI is InChI=1S/C21H27N3O2/c1-23-14-15-24(16-19(23)17-8-4-3-5-9-17)21(25)22-13-12-18-10-6-7-11-20(18)26-2/h3-11,19H,12-16H2,1-2H3,(H,22,25). The van der Waals surface area contributed by atoms with E-state index in [0.717, 1.165) is 30.8 Å². The van der Waals surface area contributed by atoms with Crippen molar-refractivity contribution in [3.8, 4) is 5.75 Å². The Kier molecular flexibility index (Phi) is 6.12. The van der Waals surface area contributed by atoms with Crippen LogP contribution in [-0.2, 0) is 6.42 Å². The smallest absolute Gasteiger partial charge is 0.317 e. The van der Waals surface area contributed by atoms with Gasteiger partial charge in [-0.2, -0.15) is 0 Å². The first-order chi connectivity index (χ1) is 12.7. The SMILES string of the molecule is COc1ccccc1CCNC(=O)N1CCN(C)C(c2ccccc2)C1. The fraction of sp³-hybridized carbons (Fsp3) is 0.381. The van der Waals surface area contributed by atoms with Crippen LogP contribution in [0.4, 0.5) is 4.79 Å². The van der Waals surface area contributed by atoms with Crippen molar-refractivity contribution in [3.05, 3.63) is 65.7 Å². The van der Waals surface area contributed by atoms with E-state index < -0.39 is 0 Å². The number of para-hydroxylation sites is 1. The largest absolute Gasteiger partial charge is 0.496 e. The Morgan fingerprint density at radius 2 is 1.85 bits per heavy atom. The van der Waals surface area contributed by atoms with Gasteiger partial charge in [-0.3, -0.25) is 4.90 Å². The van der Waals surface area contributed by atoms with E-state index in [1.807, 2.05) is 35.2 Å². The number of nitrogens with one attached hydrogen (secondary N) is 1. The van der Waals surface area contributed by atoms with Crippen LogP contribution < -0.4 is 10.1 Å². The minimum atomic E-state index is 0.00827. The number of urea groups is 1.